The van der Waals surface area contributed by atoms with Crippen LogP contribution in [-0.4, -0.2) is 14.2 Å². The average Bonchev–Trinajstić information content (AvgIpc) is 2.66. The quantitative estimate of drug-likeness (QED) is 0.281. The van der Waals surface area contributed by atoms with Gasteiger partial charge in [0, 0.05) is 5.56 Å². The predicted molar refractivity (Wildman–Crippen MR) is 114 cm³/mol. The number of hydrogen-bond acceptors (Lipinski definition) is 2. The maximum absolute atomic E-state index is 5.47. The third kappa shape index (κ3) is 9.50. The minimum atomic E-state index is 0.939. The number of hydrogen-bond donors (Lipinski definition) is 0. The molecule has 0 saturated carbocycles. The molecule has 0 bridgehead atoms. The van der Waals surface area contributed by atoms with Gasteiger partial charge in [0.15, 0.2) is 0 Å². The van der Waals surface area contributed by atoms with E-state index in [9.17, 15) is 0 Å². The van der Waals surface area contributed by atoms with Crippen LogP contribution in [0.1, 0.15) is 102 Å². The van der Waals surface area contributed by atoms with Gasteiger partial charge in [0.2, 0.25) is 0 Å². The first-order valence-electron chi connectivity index (χ1n) is 10.9. The fourth-order valence-electron chi connectivity index (χ4n) is 3.63. The van der Waals surface area contributed by atoms with E-state index in [0.717, 1.165) is 23.5 Å². The summed E-state index contributed by atoms with van der Waals surface area (Å²) < 4.78 is 10.9. The topological polar surface area (TPSA) is 18.5 Å². The van der Waals surface area contributed by atoms with Gasteiger partial charge in [-0.2, -0.15) is 0 Å². The van der Waals surface area contributed by atoms with E-state index in [4.69, 9.17) is 9.47 Å². The molecule has 0 aromatic heterocycles. The van der Waals surface area contributed by atoms with Crippen LogP contribution in [0.2, 0.25) is 0 Å². The molecule has 0 fully saturated rings. The predicted octanol–water partition coefficient (Wildman–Crippen LogP) is 7.65. The Morgan fingerprint density at radius 1 is 0.615 bits per heavy atom. The summed E-state index contributed by atoms with van der Waals surface area (Å²) in [4.78, 5) is 0. The van der Waals surface area contributed by atoms with Crippen molar-refractivity contribution in [2.45, 2.75) is 104 Å². The minimum Gasteiger partial charge on any atom is -0.496 e. The number of methoxy groups -OCH3 is 2. The lowest BCUT2D eigenvalue weighted by atomic mass is 10.0. The summed E-state index contributed by atoms with van der Waals surface area (Å²) in [6.07, 6.45) is 19.3. The maximum atomic E-state index is 5.47. The summed E-state index contributed by atoms with van der Waals surface area (Å²) in [6.45, 7) is 4.33. The summed E-state index contributed by atoms with van der Waals surface area (Å²) in [7, 11) is 3.47. The fraction of sp³-hybridized carbons (Fsp3) is 0.750. The number of rotatable bonds is 16. The van der Waals surface area contributed by atoms with Gasteiger partial charge in [-0.05, 0) is 37.5 Å². The van der Waals surface area contributed by atoms with Gasteiger partial charge < -0.3 is 9.47 Å². The molecule has 0 radical (unpaired) electrons. The lowest BCUT2D eigenvalue weighted by Crippen LogP contribution is -1.96. The molecule has 0 heterocycles. The van der Waals surface area contributed by atoms with Crippen LogP contribution in [0.25, 0.3) is 0 Å². The average molecular weight is 363 g/mol. The highest BCUT2D eigenvalue weighted by Gasteiger charge is 2.08. The van der Waals surface area contributed by atoms with Crippen LogP contribution < -0.4 is 9.47 Å². The van der Waals surface area contributed by atoms with Gasteiger partial charge >= 0.3 is 0 Å². The van der Waals surface area contributed by atoms with Crippen LogP contribution in [0, 0.1) is 6.92 Å². The van der Waals surface area contributed by atoms with E-state index in [2.05, 4.69) is 19.1 Å². The van der Waals surface area contributed by atoms with E-state index in [1.54, 1.807) is 14.2 Å². The second-order valence-corrected chi connectivity index (χ2v) is 7.62. The molecule has 0 saturated heterocycles. The Bertz CT molecular complexity index is 442. The molecule has 150 valence electrons. The Kier molecular flexibility index (Phi) is 13.1. The standard InChI is InChI=1S/C24H42O2/c1-5-6-7-8-9-10-11-12-13-14-15-16-17-18-22-19-23(25-3)21(2)24(20-22)26-4/h19-20H,5-18H2,1-4H3. The molecule has 0 aliphatic heterocycles. The minimum absolute atomic E-state index is 0.939. The van der Waals surface area contributed by atoms with E-state index in [1.165, 1.54) is 89.0 Å². The zero-order valence-corrected chi connectivity index (χ0v) is 17.9. The summed E-state index contributed by atoms with van der Waals surface area (Å²) in [5.74, 6) is 1.88. The van der Waals surface area contributed by atoms with Crippen LogP contribution in [0.3, 0.4) is 0 Å². The third-order valence-corrected chi connectivity index (χ3v) is 5.38. The van der Waals surface area contributed by atoms with E-state index >= 15 is 0 Å². The van der Waals surface area contributed by atoms with Crippen molar-refractivity contribution in [2.75, 3.05) is 14.2 Å². The van der Waals surface area contributed by atoms with Crippen molar-refractivity contribution < 1.29 is 9.47 Å². The van der Waals surface area contributed by atoms with Crippen LogP contribution in [0.5, 0.6) is 11.5 Å². The fourth-order valence-corrected chi connectivity index (χ4v) is 3.63. The molecule has 1 rings (SSSR count). The molecular formula is C24H42O2. The Labute approximate surface area is 162 Å². The largest absolute Gasteiger partial charge is 0.496 e. The van der Waals surface area contributed by atoms with Gasteiger partial charge in [-0.25, -0.2) is 0 Å². The number of ether oxygens (including phenoxy) is 2. The lowest BCUT2D eigenvalue weighted by molar-refractivity contribution is 0.387. The highest BCUT2D eigenvalue weighted by molar-refractivity contribution is 5.47. The SMILES string of the molecule is CCCCCCCCCCCCCCCc1cc(OC)c(C)c(OC)c1. The van der Waals surface area contributed by atoms with E-state index in [0.29, 0.717) is 0 Å². The zero-order chi connectivity index (χ0) is 19.0. The smallest absolute Gasteiger partial charge is 0.125 e. The molecule has 1 aromatic carbocycles. The Morgan fingerprint density at radius 3 is 1.38 bits per heavy atom. The van der Waals surface area contributed by atoms with Gasteiger partial charge in [-0.3, -0.25) is 0 Å². The summed E-state index contributed by atoms with van der Waals surface area (Å²) in [6, 6.07) is 4.33. The first-order valence-corrected chi connectivity index (χ1v) is 10.9. The molecule has 0 spiro atoms. The molecule has 0 aliphatic rings. The summed E-state index contributed by atoms with van der Waals surface area (Å²) in [5.41, 5.74) is 2.41. The Morgan fingerprint density at radius 2 is 1.00 bits per heavy atom. The number of aryl methyl sites for hydroxylation is 1. The van der Waals surface area contributed by atoms with E-state index < -0.39 is 0 Å². The molecule has 0 unspecified atom stereocenters. The number of unbranched alkanes of at least 4 members (excludes halogenated alkanes) is 12. The molecule has 0 atom stereocenters. The maximum Gasteiger partial charge on any atom is 0.125 e. The van der Waals surface area contributed by atoms with Crippen molar-refractivity contribution in [1.82, 2.24) is 0 Å². The van der Waals surface area contributed by atoms with Gasteiger partial charge in [0.05, 0.1) is 14.2 Å². The second kappa shape index (κ2) is 14.9. The lowest BCUT2D eigenvalue weighted by Gasteiger charge is -2.12. The normalized spacial score (nSPS) is 10.9. The summed E-state index contributed by atoms with van der Waals surface area (Å²) >= 11 is 0. The van der Waals surface area contributed by atoms with Crippen molar-refractivity contribution in [2.24, 2.45) is 0 Å². The Hall–Kier alpha value is -1.18. The third-order valence-electron chi connectivity index (χ3n) is 5.38. The first kappa shape index (κ1) is 22.9. The molecule has 0 amide bonds. The van der Waals surface area contributed by atoms with Crippen molar-refractivity contribution in [3.63, 3.8) is 0 Å². The van der Waals surface area contributed by atoms with Gasteiger partial charge in [-0.15, -0.1) is 0 Å². The second-order valence-electron chi connectivity index (χ2n) is 7.62. The highest BCUT2D eigenvalue weighted by Crippen LogP contribution is 2.30. The van der Waals surface area contributed by atoms with Gasteiger partial charge in [0.25, 0.3) is 0 Å². The van der Waals surface area contributed by atoms with Crippen LogP contribution >= 0.6 is 0 Å². The molecule has 26 heavy (non-hydrogen) atoms. The summed E-state index contributed by atoms with van der Waals surface area (Å²) in [5, 5.41) is 0. The molecule has 0 aliphatic carbocycles. The van der Waals surface area contributed by atoms with Crippen LogP contribution in [-0.2, 0) is 6.42 Å². The monoisotopic (exact) mass is 362 g/mol. The van der Waals surface area contributed by atoms with Gasteiger partial charge in [0.1, 0.15) is 11.5 Å². The molecule has 0 N–H and O–H groups in total. The van der Waals surface area contributed by atoms with Crippen LogP contribution in [0.15, 0.2) is 12.1 Å². The van der Waals surface area contributed by atoms with Crippen molar-refractivity contribution in [1.29, 1.82) is 0 Å². The zero-order valence-electron chi connectivity index (χ0n) is 17.9. The first-order chi connectivity index (χ1) is 12.7. The molecule has 2 heteroatoms. The Balaban J connectivity index is 2.04. The van der Waals surface area contributed by atoms with Gasteiger partial charge in [-0.1, -0.05) is 84.0 Å². The molecular weight excluding hydrogens is 320 g/mol. The van der Waals surface area contributed by atoms with Crippen LogP contribution in [0.4, 0.5) is 0 Å². The van der Waals surface area contributed by atoms with Crippen molar-refractivity contribution in [3.8, 4) is 11.5 Å². The van der Waals surface area contributed by atoms with Crippen molar-refractivity contribution in [3.05, 3.63) is 23.3 Å². The number of benzene rings is 1. The van der Waals surface area contributed by atoms with Crippen molar-refractivity contribution >= 4 is 0 Å². The molecule has 1 aromatic rings. The van der Waals surface area contributed by atoms with E-state index in [1.807, 2.05) is 6.92 Å². The van der Waals surface area contributed by atoms with E-state index in [-0.39, 0.29) is 0 Å². The highest BCUT2D eigenvalue weighted by atomic mass is 16.5. The molecule has 2 nitrogen and oxygen atoms in total.